The highest BCUT2D eigenvalue weighted by Gasteiger charge is 2.22. The van der Waals surface area contributed by atoms with Crippen molar-refractivity contribution in [2.75, 3.05) is 36.2 Å². The molecule has 53 heavy (non-hydrogen) atoms. The number of aryl methyl sites for hydroxylation is 2. The average Bonchev–Trinajstić information content (AvgIpc) is 3.57. The molecule has 6 rings (SSSR count). The van der Waals surface area contributed by atoms with Gasteiger partial charge in [-0.2, -0.15) is 5.10 Å². The van der Waals surface area contributed by atoms with Gasteiger partial charge in [-0.25, -0.2) is 24.4 Å². The molecule has 0 aliphatic carbocycles. The predicted octanol–water partition coefficient (Wildman–Crippen LogP) is 7.47. The molecule has 3 heterocycles. The van der Waals surface area contributed by atoms with Gasteiger partial charge in [0.15, 0.2) is 0 Å². The van der Waals surface area contributed by atoms with Gasteiger partial charge in [-0.3, -0.25) is 10.1 Å². The first-order valence-electron chi connectivity index (χ1n) is 17.2. The average molecular weight is 714 g/mol. The molecule has 3 aromatic heterocycles. The Labute approximate surface area is 308 Å². The highest BCUT2D eigenvalue weighted by molar-refractivity contribution is 6.07. The maximum absolute atomic E-state index is 13.5. The molecule has 0 unspecified atom stereocenters. The summed E-state index contributed by atoms with van der Waals surface area (Å²) in [4.78, 5) is 38.6. The van der Waals surface area contributed by atoms with E-state index in [2.05, 4.69) is 83.0 Å². The zero-order valence-electron chi connectivity index (χ0n) is 30.7. The van der Waals surface area contributed by atoms with Crippen LogP contribution in [0.15, 0.2) is 91.4 Å². The van der Waals surface area contributed by atoms with Crippen molar-refractivity contribution in [3.05, 3.63) is 119 Å². The Morgan fingerprint density at radius 2 is 1.64 bits per heavy atom. The number of aromatic nitrogens is 5. The van der Waals surface area contributed by atoms with E-state index in [0.29, 0.717) is 42.0 Å². The van der Waals surface area contributed by atoms with Crippen molar-refractivity contribution in [1.82, 2.24) is 30.0 Å². The van der Waals surface area contributed by atoms with Crippen LogP contribution in [0.2, 0.25) is 0 Å². The number of ether oxygens (including phenoxy) is 2. The Morgan fingerprint density at radius 1 is 0.830 bits per heavy atom. The number of nitrogens with one attached hydrogen (secondary N) is 4. The van der Waals surface area contributed by atoms with E-state index in [1.54, 1.807) is 18.0 Å². The summed E-state index contributed by atoms with van der Waals surface area (Å²) in [6.45, 7) is 11.5. The molecule has 272 valence electrons. The third-order valence-electron chi connectivity index (χ3n) is 8.54. The summed E-state index contributed by atoms with van der Waals surface area (Å²) in [7, 11) is 1.57. The molecule has 4 N–H and O–H groups in total. The third kappa shape index (κ3) is 8.94. The minimum atomic E-state index is -0.393. The minimum absolute atomic E-state index is 0.200. The second kappa shape index (κ2) is 15.9. The normalized spacial score (nSPS) is 11.3. The van der Waals surface area contributed by atoms with Gasteiger partial charge < -0.3 is 25.4 Å². The van der Waals surface area contributed by atoms with E-state index in [4.69, 9.17) is 14.6 Å². The van der Waals surface area contributed by atoms with Crippen molar-refractivity contribution in [3.8, 4) is 11.4 Å². The van der Waals surface area contributed by atoms with Crippen LogP contribution < -0.4 is 26.0 Å². The molecule has 0 bridgehead atoms. The van der Waals surface area contributed by atoms with Gasteiger partial charge in [0.25, 0.3) is 5.91 Å². The van der Waals surface area contributed by atoms with Gasteiger partial charge in [0, 0.05) is 42.1 Å². The second-order valence-electron chi connectivity index (χ2n) is 13.6. The van der Waals surface area contributed by atoms with Crippen LogP contribution in [0.4, 0.5) is 27.9 Å². The summed E-state index contributed by atoms with van der Waals surface area (Å²) >= 11 is 0. The van der Waals surface area contributed by atoms with E-state index < -0.39 is 6.03 Å². The lowest BCUT2D eigenvalue weighted by molar-refractivity contribution is 0.0931. The van der Waals surface area contributed by atoms with Crippen LogP contribution in [-0.4, -0.2) is 56.9 Å². The van der Waals surface area contributed by atoms with Crippen molar-refractivity contribution in [2.45, 2.75) is 46.6 Å². The number of hydrogen-bond acceptors (Lipinski definition) is 9. The van der Waals surface area contributed by atoms with E-state index in [0.717, 1.165) is 33.3 Å². The molecule has 3 amide bonds. The number of hydrogen-bond donors (Lipinski definition) is 4. The topological polar surface area (TPSA) is 157 Å². The van der Waals surface area contributed by atoms with Gasteiger partial charge in [0.1, 0.15) is 35.5 Å². The fraction of sp³-hybridized carbons (Fsp3) is 0.250. The number of methoxy groups -OCH3 is 1. The van der Waals surface area contributed by atoms with Gasteiger partial charge in [-0.05, 0) is 66.9 Å². The number of amides is 3. The number of anilines is 4. The highest BCUT2D eigenvalue weighted by atomic mass is 16.5. The Morgan fingerprint density at radius 3 is 2.38 bits per heavy atom. The third-order valence-corrected chi connectivity index (χ3v) is 8.54. The monoisotopic (exact) mass is 713 g/mol. The van der Waals surface area contributed by atoms with Crippen LogP contribution >= 0.6 is 0 Å². The molecule has 0 fully saturated rings. The largest absolute Gasteiger partial charge is 0.488 e. The van der Waals surface area contributed by atoms with Crippen molar-refractivity contribution >= 4 is 45.9 Å². The lowest BCUT2D eigenvalue weighted by Gasteiger charge is -2.15. The number of urea groups is 1. The molecule has 0 aliphatic heterocycles. The van der Waals surface area contributed by atoms with Crippen LogP contribution in [0.3, 0.4) is 0 Å². The van der Waals surface area contributed by atoms with Gasteiger partial charge in [-0.1, -0.05) is 51.1 Å². The van der Waals surface area contributed by atoms with Crippen LogP contribution in [0.25, 0.3) is 16.5 Å². The van der Waals surface area contributed by atoms with E-state index >= 15 is 0 Å². The quantitative estimate of drug-likeness (QED) is 0.0945. The molecule has 0 atom stereocenters. The number of carbonyl (C=O) groups is 2. The van der Waals surface area contributed by atoms with Crippen molar-refractivity contribution in [3.63, 3.8) is 0 Å². The zero-order chi connectivity index (χ0) is 37.5. The van der Waals surface area contributed by atoms with Crippen LogP contribution in [0.1, 0.15) is 53.6 Å². The number of fused-ring (bicyclic) bond motifs is 1. The summed E-state index contributed by atoms with van der Waals surface area (Å²) in [5, 5.41) is 18.4. The zero-order valence-corrected chi connectivity index (χ0v) is 30.7. The summed E-state index contributed by atoms with van der Waals surface area (Å²) in [5.41, 5.74) is 5.53. The number of pyridine rings is 1. The summed E-state index contributed by atoms with van der Waals surface area (Å²) in [6.07, 6.45) is 4.54. The number of rotatable bonds is 12. The molecule has 0 saturated carbocycles. The van der Waals surface area contributed by atoms with Gasteiger partial charge in [0.2, 0.25) is 0 Å². The Kier molecular flexibility index (Phi) is 10.9. The SMILES string of the molecule is COCCNC(=O)c1cnc(Nc2cc(COc3ccc(NC(=O)Nc4cc(C(C)(C)C)nn4-c4ccc(C)c(C)c4)c4ccccc34)ccn2)cn1. The molecule has 13 heteroatoms. The molecule has 0 spiro atoms. The first kappa shape index (κ1) is 36.5. The fourth-order valence-electron chi connectivity index (χ4n) is 5.46. The van der Waals surface area contributed by atoms with E-state index in [-0.39, 0.29) is 23.6 Å². The molecule has 0 radical (unpaired) electrons. The van der Waals surface area contributed by atoms with Crippen molar-refractivity contribution < 1.29 is 19.1 Å². The molecule has 0 saturated heterocycles. The van der Waals surface area contributed by atoms with Crippen molar-refractivity contribution in [1.29, 1.82) is 0 Å². The molecular formula is C40H43N9O4. The maximum atomic E-state index is 13.5. The van der Waals surface area contributed by atoms with Crippen LogP contribution in [0.5, 0.6) is 5.75 Å². The minimum Gasteiger partial charge on any atom is -0.488 e. The summed E-state index contributed by atoms with van der Waals surface area (Å²) in [6, 6.07) is 22.8. The van der Waals surface area contributed by atoms with Crippen molar-refractivity contribution in [2.24, 2.45) is 0 Å². The molecule has 3 aromatic carbocycles. The van der Waals surface area contributed by atoms with Gasteiger partial charge >= 0.3 is 6.03 Å². The fourth-order valence-corrected chi connectivity index (χ4v) is 5.46. The summed E-state index contributed by atoms with van der Waals surface area (Å²) in [5.74, 6) is 1.87. The lowest BCUT2D eigenvalue weighted by atomic mass is 9.92. The van der Waals surface area contributed by atoms with Gasteiger partial charge in [-0.15, -0.1) is 0 Å². The van der Waals surface area contributed by atoms with E-state index in [1.807, 2.05) is 60.7 Å². The number of nitrogens with zero attached hydrogens (tertiary/aromatic N) is 5. The number of benzene rings is 3. The molecular weight excluding hydrogens is 670 g/mol. The molecule has 6 aromatic rings. The lowest BCUT2D eigenvalue weighted by Crippen LogP contribution is -2.27. The van der Waals surface area contributed by atoms with Gasteiger partial charge in [0.05, 0.1) is 36.1 Å². The maximum Gasteiger partial charge on any atom is 0.324 e. The van der Waals surface area contributed by atoms with Crippen LogP contribution in [0, 0.1) is 13.8 Å². The first-order chi connectivity index (χ1) is 25.5. The first-order valence-corrected chi connectivity index (χ1v) is 17.2. The second-order valence-corrected chi connectivity index (χ2v) is 13.6. The van der Waals surface area contributed by atoms with E-state index in [1.165, 1.54) is 18.0 Å². The smallest absolute Gasteiger partial charge is 0.324 e. The highest BCUT2D eigenvalue weighted by Crippen LogP contribution is 2.33. The Balaban J connectivity index is 1.13. The summed E-state index contributed by atoms with van der Waals surface area (Å²) < 4.78 is 13.0. The standard InChI is InChI=1S/C40H43N9O4/c1-25-11-12-28(19-26(25)2)49-37(21-34(48-49)40(3,4)5)47-39(51)45-31-13-14-33(30-10-8-7-9-29(30)31)53-24-27-15-16-41-35(20-27)46-36-23-43-32(22-44-36)38(50)42-17-18-52-6/h7-16,19-23H,17-18,24H2,1-6H3,(H,42,50)(H,41,44,46)(H2,45,47,51). The number of carbonyl (C=O) groups excluding carboxylic acids is 2. The predicted molar refractivity (Wildman–Crippen MR) is 206 cm³/mol. The molecule has 0 aliphatic rings. The Hall–Kier alpha value is -6.34. The van der Waals surface area contributed by atoms with Crippen LogP contribution in [-0.2, 0) is 16.8 Å². The Bertz CT molecular complexity index is 2240. The molecule has 13 nitrogen and oxygen atoms in total. The van der Waals surface area contributed by atoms with E-state index in [9.17, 15) is 9.59 Å².